The Morgan fingerprint density at radius 2 is 1.83 bits per heavy atom. The number of benzene rings is 2. The van der Waals surface area contributed by atoms with Crippen molar-refractivity contribution in [2.45, 2.75) is 19.8 Å². The average Bonchev–Trinajstić information content (AvgIpc) is 3.12. The summed E-state index contributed by atoms with van der Waals surface area (Å²) in [5.74, 6) is 0.452. The van der Waals surface area contributed by atoms with Crippen LogP contribution in [0.5, 0.6) is 11.5 Å². The Bertz CT molecular complexity index is 1000. The number of cyclic esters (lactones) is 1. The van der Waals surface area contributed by atoms with E-state index in [-0.39, 0.29) is 18.2 Å². The summed E-state index contributed by atoms with van der Waals surface area (Å²) in [6.07, 6.45) is 1.60. The first-order valence-corrected chi connectivity index (χ1v) is 9.41. The molecule has 1 aliphatic rings. The minimum Gasteiger partial charge on any atom is -0.493 e. The van der Waals surface area contributed by atoms with E-state index in [1.807, 2.05) is 24.3 Å². The predicted molar refractivity (Wildman–Crippen MR) is 112 cm³/mol. The summed E-state index contributed by atoms with van der Waals surface area (Å²) in [5.41, 5.74) is 2.79. The quantitative estimate of drug-likeness (QED) is 0.512. The van der Waals surface area contributed by atoms with Gasteiger partial charge in [-0.05, 0) is 47.4 Å². The molecule has 7 heteroatoms. The van der Waals surface area contributed by atoms with E-state index in [9.17, 15) is 9.59 Å². The molecule has 2 aromatic rings. The highest BCUT2D eigenvalue weighted by atomic mass is 16.6. The third-order valence-electron chi connectivity index (χ3n) is 4.51. The van der Waals surface area contributed by atoms with Gasteiger partial charge in [-0.1, -0.05) is 32.0 Å². The van der Waals surface area contributed by atoms with Crippen molar-refractivity contribution in [3.63, 3.8) is 0 Å². The summed E-state index contributed by atoms with van der Waals surface area (Å²) in [5, 5.41) is 0. The number of esters is 2. The number of nitrogens with zero attached hydrogens (tertiary/aromatic N) is 1. The van der Waals surface area contributed by atoms with E-state index in [2.05, 4.69) is 23.6 Å². The van der Waals surface area contributed by atoms with Crippen molar-refractivity contribution in [3.8, 4) is 11.5 Å². The molecule has 0 saturated heterocycles. The fourth-order valence-electron chi connectivity index (χ4n) is 2.79. The van der Waals surface area contributed by atoms with Crippen LogP contribution in [0, 0.1) is 0 Å². The van der Waals surface area contributed by atoms with Gasteiger partial charge in [0.25, 0.3) is 0 Å². The van der Waals surface area contributed by atoms with Crippen LogP contribution in [0.15, 0.2) is 53.2 Å². The molecule has 0 aliphatic carbocycles. The van der Waals surface area contributed by atoms with Crippen LogP contribution in [0.4, 0.5) is 0 Å². The molecule has 0 spiro atoms. The van der Waals surface area contributed by atoms with E-state index in [1.165, 1.54) is 19.8 Å². The fraction of sp³-hybridized carbons (Fsp3) is 0.261. The van der Waals surface area contributed by atoms with Gasteiger partial charge >= 0.3 is 11.9 Å². The molecule has 0 bridgehead atoms. The van der Waals surface area contributed by atoms with Crippen molar-refractivity contribution in [1.82, 2.24) is 0 Å². The van der Waals surface area contributed by atoms with Crippen molar-refractivity contribution in [1.29, 1.82) is 0 Å². The smallest absolute Gasteiger partial charge is 0.363 e. The second kappa shape index (κ2) is 9.26. The van der Waals surface area contributed by atoms with Crippen LogP contribution in [0.1, 0.15) is 36.5 Å². The molecule has 0 N–H and O–H groups in total. The van der Waals surface area contributed by atoms with Gasteiger partial charge in [0, 0.05) is 5.56 Å². The van der Waals surface area contributed by atoms with Gasteiger partial charge in [0.15, 0.2) is 23.8 Å². The highest BCUT2D eigenvalue weighted by molar-refractivity contribution is 6.12. The zero-order valence-electron chi connectivity index (χ0n) is 17.3. The maximum Gasteiger partial charge on any atom is 0.363 e. The van der Waals surface area contributed by atoms with Gasteiger partial charge < -0.3 is 18.9 Å². The molecule has 0 fully saturated rings. The van der Waals surface area contributed by atoms with Crippen LogP contribution in [-0.4, -0.2) is 38.7 Å². The number of carbonyl (C=O) groups excluding carboxylic acids is 2. The van der Waals surface area contributed by atoms with Crippen LogP contribution in [0.2, 0.25) is 0 Å². The average molecular weight is 409 g/mol. The molecular weight excluding hydrogens is 386 g/mol. The van der Waals surface area contributed by atoms with Crippen molar-refractivity contribution in [3.05, 3.63) is 64.9 Å². The second-order valence-electron chi connectivity index (χ2n) is 6.89. The molecule has 7 nitrogen and oxygen atoms in total. The number of hydrogen-bond acceptors (Lipinski definition) is 7. The third-order valence-corrected chi connectivity index (χ3v) is 4.51. The van der Waals surface area contributed by atoms with E-state index >= 15 is 0 Å². The number of hydrogen-bond donors (Lipinski definition) is 0. The Labute approximate surface area is 174 Å². The Kier molecular flexibility index (Phi) is 6.51. The van der Waals surface area contributed by atoms with Crippen LogP contribution in [-0.2, 0) is 19.1 Å². The summed E-state index contributed by atoms with van der Waals surface area (Å²) in [6.45, 7) is 3.99. The first kappa shape index (κ1) is 21.1. The van der Waals surface area contributed by atoms with Gasteiger partial charge in [-0.25, -0.2) is 14.6 Å². The molecule has 0 amide bonds. The monoisotopic (exact) mass is 409 g/mol. The molecule has 30 heavy (non-hydrogen) atoms. The van der Waals surface area contributed by atoms with Crippen molar-refractivity contribution in [2.75, 3.05) is 20.8 Å². The number of rotatable bonds is 7. The molecule has 1 heterocycles. The largest absolute Gasteiger partial charge is 0.493 e. The topological polar surface area (TPSA) is 83.4 Å². The Balaban J connectivity index is 1.81. The fourth-order valence-corrected chi connectivity index (χ4v) is 2.79. The second-order valence-corrected chi connectivity index (χ2v) is 6.89. The molecule has 0 radical (unpaired) electrons. The zero-order chi connectivity index (χ0) is 21.7. The third kappa shape index (κ3) is 4.86. The van der Waals surface area contributed by atoms with Crippen molar-refractivity contribution >= 4 is 23.9 Å². The highest BCUT2D eigenvalue weighted by Crippen LogP contribution is 2.30. The van der Waals surface area contributed by atoms with Crippen LogP contribution >= 0.6 is 0 Å². The number of aliphatic imine (C=N–C) groups is 1. The lowest BCUT2D eigenvalue weighted by molar-refractivity contribution is -0.143. The zero-order valence-corrected chi connectivity index (χ0v) is 17.3. The first-order valence-electron chi connectivity index (χ1n) is 9.41. The minimum absolute atomic E-state index is 0.184. The van der Waals surface area contributed by atoms with Crippen LogP contribution in [0.25, 0.3) is 6.08 Å². The summed E-state index contributed by atoms with van der Waals surface area (Å²) < 4.78 is 20.6. The Hall–Kier alpha value is -3.61. The number of methoxy groups -OCH3 is 2. The van der Waals surface area contributed by atoms with E-state index in [0.717, 1.165) is 5.56 Å². The highest BCUT2D eigenvalue weighted by Gasteiger charge is 2.24. The molecule has 1 aliphatic heterocycles. The molecule has 0 aromatic heterocycles. The normalized spacial score (nSPS) is 14.5. The SMILES string of the molecule is COC(=O)COc1ccc(/C=C2\N=C(c3ccc(C(C)C)cc3)OC2=O)cc1OC. The summed E-state index contributed by atoms with van der Waals surface area (Å²) in [7, 11) is 2.77. The van der Waals surface area contributed by atoms with Gasteiger partial charge in [0.2, 0.25) is 5.90 Å². The summed E-state index contributed by atoms with van der Waals surface area (Å²) in [4.78, 5) is 27.8. The van der Waals surface area contributed by atoms with Crippen LogP contribution < -0.4 is 9.47 Å². The molecule has 0 unspecified atom stereocenters. The van der Waals surface area contributed by atoms with E-state index in [1.54, 1.807) is 24.3 Å². The van der Waals surface area contributed by atoms with Crippen molar-refractivity contribution in [2.24, 2.45) is 4.99 Å². The van der Waals surface area contributed by atoms with Crippen molar-refractivity contribution < 1.29 is 28.5 Å². The maximum atomic E-state index is 12.3. The van der Waals surface area contributed by atoms with Gasteiger partial charge in [-0.3, -0.25) is 0 Å². The lowest BCUT2D eigenvalue weighted by atomic mass is 10.0. The van der Waals surface area contributed by atoms with Gasteiger partial charge in [-0.15, -0.1) is 0 Å². The summed E-state index contributed by atoms with van der Waals surface area (Å²) >= 11 is 0. The van der Waals surface area contributed by atoms with Gasteiger partial charge in [0.1, 0.15) is 0 Å². The van der Waals surface area contributed by atoms with Crippen LogP contribution in [0.3, 0.4) is 0 Å². The standard InChI is InChI=1S/C23H23NO6/c1-14(2)16-6-8-17(9-7-16)22-24-18(23(26)30-22)11-15-5-10-19(20(12-15)27-3)29-13-21(25)28-4/h5-12,14H,13H2,1-4H3/b18-11-. The molecule has 0 atom stereocenters. The molecule has 3 rings (SSSR count). The Morgan fingerprint density at radius 3 is 2.47 bits per heavy atom. The number of ether oxygens (including phenoxy) is 4. The van der Waals surface area contributed by atoms with Gasteiger partial charge in [0.05, 0.1) is 14.2 Å². The van der Waals surface area contributed by atoms with E-state index < -0.39 is 11.9 Å². The molecule has 2 aromatic carbocycles. The van der Waals surface area contributed by atoms with E-state index in [0.29, 0.717) is 23.0 Å². The molecule has 156 valence electrons. The minimum atomic E-state index is -0.525. The van der Waals surface area contributed by atoms with E-state index in [4.69, 9.17) is 14.2 Å². The van der Waals surface area contributed by atoms with Gasteiger partial charge in [-0.2, -0.15) is 0 Å². The summed E-state index contributed by atoms with van der Waals surface area (Å²) in [6, 6.07) is 12.8. The lowest BCUT2D eigenvalue weighted by Crippen LogP contribution is -2.12. The predicted octanol–water partition coefficient (Wildman–Crippen LogP) is 3.71. The number of carbonyl (C=O) groups is 2. The lowest BCUT2D eigenvalue weighted by Gasteiger charge is -2.10. The Morgan fingerprint density at radius 1 is 1.10 bits per heavy atom. The molecule has 0 saturated carbocycles. The first-order chi connectivity index (χ1) is 14.4. The molecular formula is C23H23NO6. The maximum absolute atomic E-state index is 12.3.